The van der Waals surface area contributed by atoms with Crippen LogP contribution in [0.25, 0.3) is 11.1 Å². The molecule has 1 amide bonds. The van der Waals surface area contributed by atoms with Gasteiger partial charge in [0.05, 0.1) is 18.2 Å². The van der Waals surface area contributed by atoms with Crippen LogP contribution in [-0.2, 0) is 13.5 Å². The van der Waals surface area contributed by atoms with Gasteiger partial charge < -0.3 is 14.5 Å². The number of nitrogens with one attached hydrogen (secondary N) is 1. The van der Waals surface area contributed by atoms with E-state index in [1.807, 2.05) is 24.3 Å². The molecule has 0 spiro atoms. The number of fused-ring (bicyclic) bond motifs is 1. The average molecular weight is 326 g/mol. The fourth-order valence-corrected chi connectivity index (χ4v) is 2.58. The third-order valence-electron chi connectivity index (χ3n) is 3.91. The minimum atomic E-state index is -0.383. The molecule has 0 aliphatic carbocycles. The van der Waals surface area contributed by atoms with Crippen LogP contribution >= 0.6 is 0 Å². The van der Waals surface area contributed by atoms with E-state index in [4.69, 9.17) is 9.15 Å². The molecule has 0 aliphatic rings. The zero-order valence-electron chi connectivity index (χ0n) is 13.5. The van der Waals surface area contributed by atoms with Gasteiger partial charge in [-0.3, -0.25) is 9.36 Å². The maximum Gasteiger partial charge on any atom is 0.419 e. The molecule has 0 saturated carbocycles. The van der Waals surface area contributed by atoms with Crippen LogP contribution in [0.1, 0.15) is 15.9 Å². The van der Waals surface area contributed by atoms with E-state index in [-0.39, 0.29) is 11.7 Å². The summed E-state index contributed by atoms with van der Waals surface area (Å²) in [5, 5.41) is 2.87. The Labute approximate surface area is 138 Å². The summed E-state index contributed by atoms with van der Waals surface area (Å²) in [6.07, 6.45) is 0.634. The lowest BCUT2D eigenvalue weighted by molar-refractivity contribution is 0.0951. The third kappa shape index (κ3) is 3.03. The Kier molecular flexibility index (Phi) is 4.37. The lowest BCUT2D eigenvalue weighted by Crippen LogP contribution is -2.26. The number of carbonyl (C=O) groups excluding carboxylic acids is 1. The summed E-state index contributed by atoms with van der Waals surface area (Å²) >= 11 is 0. The highest BCUT2D eigenvalue weighted by Gasteiger charge is 2.11. The zero-order chi connectivity index (χ0) is 17.1. The minimum Gasteiger partial charge on any atom is -0.496 e. The van der Waals surface area contributed by atoms with E-state index >= 15 is 0 Å². The lowest BCUT2D eigenvalue weighted by atomic mass is 10.1. The van der Waals surface area contributed by atoms with Crippen molar-refractivity contribution in [3.8, 4) is 5.75 Å². The maximum absolute atomic E-state index is 12.2. The molecule has 0 radical (unpaired) electrons. The molecule has 3 rings (SSSR count). The van der Waals surface area contributed by atoms with E-state index in [0.29, 0.717) is 29.9 Å². The Balaban J connectivity index is 1.66. The summed E-state index contributed by atoms with van der Waals surface area (Å²) < 4.78 is 11.8. The SMILES string of the molecule is COc1ccccc1C(=O)NCCc1ccc2c(c1)oc(=O)n2C. The molecule has 1 N–H and O–H groups in total. The van der Waals surface area contributed by atoms with Gasteiger partial charge in [-0.2, -0.15) is 0 Å². The van der Waals surface area contributed by atoms with E-state index in [1.54, 1.807) is 25.2 Å². The van der Waals surface area contributed by atoms with Crippen LogP contribution in [0.2, 0.25) is 0 Å². The highest BCUT2D eigenvalue weighted by atomic mass is 16.5. The Morgan fingerprint density at radius 3 is 2.83 bits per heavy atom. The number of aryl methyl sites for hydroxylation is 1. The first-order valence-corrected chi connectivity index (χ1v) is 7.60. The number of benzene rings is 2. The zero-order valence-corrected chi connectivity index (χ0v) is 13.5. The number of hydrogen-bond acceptors (Lipinski definition) is 4. The number of hydrogen-bond donors (Lipinski definition) is 1. The Morgan fingerprint density at radius 1 is 1.25 bits per heavy atom. The molecular formula is C18H18N2O4. The Bertz CT molecular complexity index is 940. The largest absolute Gasteiger partial charge is 0.496 e. The van der Waals surface area contributed by atoms with Crippen LogP contribution in [0.5, 0.6) is 5.75 Å². The molecule has 124 valence electrons. The smallest absolute Gasteiger partial charge is 0.419 e. The second kappa shape index (κ2) is 6.62. The molecule has 3 aromatic rings. The van der Waals surface area contributed by atoms with Crippen molar-refractivity contribution in [3.63, 3.8) is 0 Å². The molecule has 6 nitrogen and oxygen atoms in total. The summed E-state index contributed by atoms with van der Waals surface area (Å²) in [4.78, 5) is 23.7. The molecule has 1 aromatic heterocycles. The molecule has 0 fully saturated rings. The first-order valence-electron chi connectivity index (χ1n) is 7.60. The topological polar surface area (TPSA) is 73.5 Å². The molecule has 2 aromatic carbocycles. The predicted molar refractivity (Wildman–Crippen MR) is 90.5 cm³/mol. The normalized spacial score (nSPS) is 10.8. The second-order valence-electron chi connectivity index (χ2n) is 5.44. The monoisotopic (exact) mass is 326 g/mol. The van der Waals surface area contributed by atoms with E-state index in [1.165, 1.54) is 11.7 Å². The van der Waals surface area contributed by atoms with Gasteiger partial charge in [0.15, 0.2) is 5.58 Å². The maximum atomic E-state index is 12.2. The standard InChI is InChI=1S/C18H18N2O4/c1-20-14-8-7-12(11-16(14)24-18(20)22)9-10-19-17(21)13-5-3-4-6-15(13)23-2/h3-8,11H,9-10H2,1-2H3,(H,19,21). The summed E-state index contributed by atoms with van der Waals surface area (Å²) in [6, 6.07) is 12.7. The predicted octanol–water partition coefficient (Wildman–Crippen LogP) is 2.11. The van der Waals surface area contributed by atoms with E-state index in [9.17, 15) is 9.59 Å². The molecule has 0 bridgehead atoms. The van der Waals surface area contributed by atoms with E-state index < -0.39 is 0 Å². The van der Waals surface area contributed by atoms with Gasteiger partial charge >= 0.3 is 5.76 Å². The van der Waals surface area contributed by atoms with Gasteiger partial charge in [-0.15, -0.1) is 0 Å². The van der Waals surface area contributed by atoms with Crippen molar-refractivity contribution in [2.24, 2.45) is 7.05 Å². The number of ether oxygens (including phenoxy) is 1. The molecule has 6 heteroatoms. The van der Waals surface area contributed by atoms with Gasteiger partial charge in [0.1, 0.15) is 5.75 Å². The van der Waals surface area contributed by atoms with Crippen LogP contribution in [0.3, 0.4) is 0 Å². The van der Waals surface area contributed by atoms with Gasteiger partial charge in [0.25, 0.3) is 5.91 Å². The average Bonchev–Trinajstić information content (AvgIpc) is 2.88. The van der Waals surface area contributed by atoms with Crippen molar-refractivity contribution in [1.29, 1.82) is 0 Å². The highest BCUT2D eigenvalue weighted by Crippen LogP contribution is 2.17. The van der Waals surface area contributed by atoms with Crippen molar-refractivity contribution in [1.82, 2.24) is 9.88 Å². The number of carbonyl (C=O) groups is 1. The molecule has 24 heavy (non-hydrogen) atoms. The fourth-order valence-electron chi connectivity index (χ4n) is 2.58. The summed E-state index contributed by atoms with van der Waals surface area (Å²) in [7, 11) is 3.20. The Morgan fingerprint density at radius 2 is 2.04 bits per heavy atom. The lowest BCUT2D eigenvalue weighted by Gasteiger charge is -2.09. The molecule has 0 saturated heterocycles. The number of para-hydroxylation sites is 1. The van der Waals surface area contributed by atoms with Crippen molar-refractivity contribution in [2.75, 3.05) is 13.7 Å². The van der Waals surface area contributed by atoms with Gasteiger partial charge in [-0.25, -0.2) is 4.79 Å². The number of methoxy groups -OCH3 is 1. The van der Waals surface area contributed by atoms with Gasteiger partial charge in [0, 0.05) is 13.6 Å². The quantitative estimate of drug-likeness (QED) is 0.779. The summed E-state index contributed by atoms with van der Waals surface area (Å²) in [5.41, 5.74) is 2.79. The summed E-state index contributed by atoms with van der Waals surface area (Å²) in [5.74, 6) is -0.0196. The van der Waals surface area contributed by atoms with Crippen LogP contribution in [0, 0.1) is 0 Å². The van der Waals surface area contributed by atoms with Crippen LogP contribution in [0.4, 0.5) is 0 Å². The number of nitrogens with zero attached hydrogens (tertiary/aromatic N) is 1. The molecule has 1 heterocycles. The molecule has 0 unspecified atom stereocenters. The van der Waals surface area contributed by atoms with Crippen molar-refractivity contribution >= 4 is 17.0 Å². The number of aromatic nitrogens is 1. The first kappa shape index (κ1) is 15.9. The first-order chi connectivity index (χ1) is 11.6. The van der Waals surface area contributed by atoms with Gasteiger partial charge in [0.2, 0.25) is 0 Å². The molecular weight excluding hydrogens is 308 g/mol. The number of amides is 1. The molecule has 0 atom stereocenters. The minimum absolute atomic E-state index is 0.181. The van der Waals surface area contributed by atoms with Gasteiger partial charge in [-0.1, -0.05) is 18.2 Å². The van der Waals surface area contributed by atoms with Crippen LogP contribution in [0.15, 0.2) is 51.7 Å². The number of rotatable bonds is 5. The van der Waals surface area contributed by atoms with E-state index in [0.717, 1.165) is 11.1 Å². The van der Waals surface area contributed by atoms with Crippen molar-refractivity contribution < 1.29 is 13.9 Å². The van der Waals surface area contributed by atoms with Crippen LogP contribution < -0.4 is 15.8 Å². The number of oxazole rings is 1. The van der Waals surface area contributed by atoms with Gasteiger partial charge in [-0.05, 0) is 36.2 Å². The van der Waals surface area contributed by atoms with Crippen LogP contribution in [-0.4, -0.2) is 24.1 Å². The van der Waals surface area contributed by atoms with Crippen molar-refractivity contribution in [3.05, 3.63) is 64.1 Å². The fraction of sp³-hybridized carbons (Fsp3) is 0.222. The Hall–Kier alpha value is -3.02. The summed E-state index contributed by atoms with van der Waals surface area (Å²) in [6.45, 7) is 0.472. The third-order valence-corrected chi connectivity index (χ3v) is 3.91. The highest BCUT2D eigenvalue weighted by molar-refractivity contribution is 5.96. The van der Waals surface area contributed by atoms with E-state index in [2.05, 4.69) is 5.32 Å². The van der Waals surface area contributed by atoms with Crippen molar-refractivity contribution in [2.45, 2.75) is 6.42 Å². The second-order valence-corrected chi connectivity index (χ2v) is 5.44. The molecule has 0 aliphatic heterocycles.